The van der Waals surface area contributed by atoms with Gasteiger partial charge < -0.3 is 14.6 Å². The molecule has 0 heterocycles. The smallest absolute Gasteiger partial charge is 0.335 e. The topological polar surface area (TPSA) is 55.8 Å². The van der Waals surface area contributed by atoms with E-state index in [2.05, 4.69) is 26.0 Å². The number of rotatable bonds is 7. The number of carboxylic acids is 1. The minimum Gasteiger partial charge on any atom is -0.478 e. The Kier molecular flexibility index (Phi) is 6.21. The van der Waals surface area contributed by atoms with E-state index in [1.54, 1.807) is 13.2 Å². The summed E-state index contributed by atoms with van der Waals surface area (Å²) in [6, 6.07) is 9.80. The average molecular weight is 342 g/mol. The predicted molar refractivity (Wildman–Crippen MR) is 98.7 cm³/mol. The maximum absolute atomic E-state index is 11.3. The van der Waals surface area contributed by atoms with Crippen LogP contribution in [0, 0.1) is 13.8 Å². The molecule has 2 aromatic rings. The largest absolute Gasteiger partial charge is 0.478 e. The molecule has 0 amide bonds. The number of benzene rings is 2. The van der Waals surface area contributed by atoms with E-state index in [1.165, 1.54) is 5.56 Å². The summed E-state index contributed by atoms with van der Waals surface area (Å²) in [6.07, 6.45) is 0.761. The fourth-order valence-electron chi connectivity index (χ4n) is 2.93. The van der Waals surface area contributed by atoms with Crippen molar-refractivity contribution < 1.29 is 19.4 Å². The highest BCUT2D eigenvalue weighted by molar-refractivity contribution is 5.89. The molecular weight excluding hydrogens is 316 g/mol. The van der Waals surface area contributed by atoms with E-state index in [0.717, 1.165) is 34.4 Å². The summed E-state index contributed by atoms with van der Waals surface area (Å²) < 4.78 is 10.6. The maximum Gasteiger partial charge on any atom is 0.335 e. The molecule has 0 radical (unpaired) electrons. The van der Waals surface area contributed by atoms with Gasteiger partial charge in [0.15, 0.2) is 6.79 Å². The molecule has 0 spiro atoms. The molecule has 4 heteroatoms. The molecule has 4 nitrogen and oxygen atoms in total. The number of carbonyl (C=O) groups is 1. The molecular formula is C21H26O4. The van der Waals surface area contributed by atoms with Crippen LogP contribution in [0.2, 0.25) is 0 Å². The molecule has 0 fully saturated rings. The molecule has 0 atom stereocenters. The van der Waals surface area contributed by atoms with Crippen LogP contribution in [0.3, 0.4) is 0 Å². The monoisotopic (exact) mass is 342 g/mol. The Bertz CT molecular complexity index is 763. The first kappa shape index (κ1) is 19.0. The van der Waals surface area contributed by atoms with E-state index in [0.29, 0.717) is 11.5 Å². The Morgan fingerprint density at radius 1 is 1.12 bits per heavy atom. The van der Waals surface area contributed by atoms with Crippen molar-refractivity contribution in [2.45, 2.75) is 40.0 Å². The summed E-state index contributed by atoms with van der Waals surface area (Å²) in [5.74, 6) is 0.299. The van der Waals surface area contributed by atoms with Gasteiger partial charge in [-0.05, 0) is 66.1 Å². The van der Waals surface area contributed by atoms with Crippen molar-refractivity contribution in [3.8, 4) is 5.75 Å². The van der Waals surface area contributed by atoms with Crippen molar-refractivity contribution >= 4 is 5.97 Å². The average Bonchev–Trinajstić information content (AvgIpc) is 2.57. The fraction of sp³-hybridized carbons (Fsp3) is 0.381. The third-order valence-electron chi connectivity index (χ3n) is 4.55. The molecule has 0 aliphatic heterocycles. The second kappa shape index (κ2) is 8.17. The lowest BCUT2D eigenvalue weighted by Crippen LogP contribution is -2.05. The van der Waals surface area contributed by atoms with Gasteiger partial charge in [-0.3, -0.25) is 0 Å². The number of hydrogen-bond acceptors (Lipinski definition) is 3. The molecule has 0 unspecified atom stereocenters. The summed E-state index contributed by atoms with van der Waals surface area (Å²) in [4.78, 5) is 11.3. The second-order valence-corrected chi connectivity index (χ2v) is 6.58. The quantitative estimate of drug-likeness (QED) is 0.741. The minimum atomic E-state index is -0.881. The zero-order chi connectivity index (χ0) is 18.6. The van der Waals surface area contributed by atoms with Crippen LogP contribution in [0.4, 0.5) is 0 Å². The summed E-state index contributed by atoms with van der Waals surface area (Å²) >= 11 is 0. The SMILES string of the molecule is COCOc1ccc(Cc2ccc(C(=O)O)c(C)c2C)cc1C(C)C. The maximum atomic E-state index is 11.3. The van der Waals surface area contributed by atoms with E-state index in [9.17, 15) is 9.90 Å². The van der Waals surface area contributed by atoms with Gasteiger partial charge in [0.1, 0.15) is 5.75 Å². The van der Waals surface area contributed by atoms with Crippen LogP contribution in [0.5, 0.6) is 5.75 Å². The zero-order valence-corrected chi connectivity index (χ0v) is 15.6. The van der Waals surface area contributed by atoms with Gasteiger partial charge in [-0.2, -0.15) is 0 Å². The van der Waals surface area contributed by atoms with Gasteiger partial charge in [-0.15, -0.1) is 0 Å². The molecule has 0 saturated heterocycles. The summed E-state index contributed by atoms with van der Waals surface area (Å²) in [6.45, 7) is 8.35. The van der Waals surface area contributed by atoms with Crippen LogP contribution in [0.1, 0.15) is 57.9 Å². The number of hydrogen-bond donors (Lipinski definition) is 1. The van der Waals surface area contributed by atoms with Crippen molar-refractivity contribution in [2.24, 2.45) is 0 Å². The highest BCUT2D eigenvalue weighted by atomic mass is 16.7. The molecule has 25 heavy (non-hydrogen) atoms. The molecule has 134 valence electrons. The second-order valence-electron chi connectivity index (χ2n) is 6.58. The third-order valence-corrected chi connectivity index (χ3v) is 4.55. The zero-order valence-electron chi connectivity index (χ0n) is 15.6. The van der Waals surface area contributed by atoms with Crippen LogP contribution in [-0.4, -0.2) is 25.0 Å². The van der Waals surface area contributed by atoms with Crippen LogP contribution in [0.25, 0.3) is 0 Å². The Morgan fingerprint density at radius 3 is 2.44 bits per heavy atom. The Balaban J connectivity index is 2.33. The van der Waals surface area contributed by atoms with E-state index < -0.39 is 5.97 Å². The van der Waals surface area contributed by atoms with Crippen LogP contribution in [0.15, 0.2) is 30.3 Å². The summed E-state index contributed by atoms with van der Waals surface area (Å²) in [5.41, 5.74) is 5.69. The van der Waals surface area contributed by atoms with Gasteiger partial charge >= 0.3 is 5.97 Å². The standard InChI is InChI=1S/C21H26O4/c1-13(2)19-11-16(6-9-20(19)25-12-24-5)10-17-7-8-18(21(22)23)15(4)14(17)3/h6-9,11,13H,10,12H2,1-5H3,(H,22,23). The highest BCUT2D eigenvalue weighted by Crippen LogP contribution is 2.29. The van der Waals surface area contributed by atoms with Crippen molar-refractivity contribution in [2.75, 3.05) is 13.9 Å². The molecule has 0 saturated carbocycles. The van der Waals surface area contributed by atoms with E-state index in [1.807, 2.05) is 26.0 Å². The van der Waals surface area contributed by atoms with E-state index in [4.69, 9.17) is 9.47 Å². The lowest BCUT2D eigenvalue weighted by Gasteiger charge is -2.16. The van der Waals surface area contributed by atoms with Gasteiger partial charge in [-0.25, -0.2) is 4.79 Å². The lowest BCUT2D eigenvalue weighted by molar-refractivity contribution is 0.0502. The number of methoxy groups -OCH3 is 1. The third kappa shape index (κ3) is 4.40. The van der Waals surface area contributed by atoms with Crippen molar-refractivity contribution in [3.63, 3.8) is 0 Å². The van der Waals surface area contributed by atoms with Gasteiger partial charge in [0.2, 0.25) is 0 Å². The molecule has 0 aromatic heterocycles. The molecule has 2 rings (SSSR count). The predicted octanol–water partition coefficient (Wildman–Crippen LogP) is 4.70. The van der Waals surface area contributed by atoms with E-state index >= 15 is 0 Å². The first-order chi connectivity index (χ1) is 11.8. The minimum absolute atomic E-state index is 0.230. The van der Waals surface area contributed by atoms with Gasteiger partial charge in [-0.1, -0.05) is 32.0 Å². The summed E-state index contributed by atoms with van der Waals surface area (Å²) in [7, 11) is 1.61. The normalized spacial score (nSPS) is 11.0. The molecule has 1 N–H and O–H groups in total. The summed E-state index contributed by atoms with van der Waals surface area (Å²) in [5, 5.41) is 9.25. The van der Waals surface area contributed by atoms with Crippen LogP contribution >= 0.6 is 0 Å². The molecule has 0 aliphatic carbocycles. The Morgan fingerprint density at radius 2 is 1.84 bits per heavy atom. The first-order valence-corrected chi connectivity index (χ1v) is 8.42. The van der Waals surface area contributed by atoms with Crippen LogP contribution < -0.4 is 4.74 Å². The van der Waals surface area contributed by atoms with Gasteiger partial charge in [0.25, 0.3) is 0 Å². The highest BCUT2D eigenvalue weighted by Gasteiger charge is 2.14. The number of aromatic carboxylic acids is 1. The van der Waals surface area contributed by atoms with E-state index in [-0.39, 0.29) is 6.79 Å². The lowest BCUT2D eigenvalue weighted by atomic mass is 9.92. The molecule has 0 aliphatic rings. The van der Waals surface area contributed by atoms with Gasteiger partial charge in [0.05, 0.1) is 5.56 Å². The van der Waals surface area contributed by atoms with Gasteiger partial charge in [0, 0.05) is 7.11 Å². The van der Waals surface area contributed by atoms with Crippen molar-refractivity contribution in [3.05, 3.63) is 63.7 Å². The number of carboxylic acid groups (broad SMARTS) is 1. The Hall–Kier alpha value is -2.33. The molecule has 2 aromatic carbocycles. The first-order valence-electron chi connectivity index (χ1n) is 8.42. The van der Waals surface area contributed by atoms with Crippen molar-refractivity contribution in [1.29, 1.82) is 0 Å². The fourth-order valence-corrected chi connectivity index (χ4v) is 2.93. The van der Waals surface area contributed by atoms with Crippen LogP contribution in [-0.2, 0) is 11.2 Å². The number of ether oxygens (including phenoxy) is 2. The van der Waals surface area contributed by atoms with Crippen molar-refractivity contribution in [1.82, 2.24) is 0 Å². The molecule has 0 bridgehead atoms. The Labute approximate surface area is 149 Å².